The van der Waals surface area contributed by atoms with Gasteiger partial charge in [0.2, 0.25) is 10.0 Å². The van der Waals surface area contributed by atoms with Gasteiger partial charge in [0, 0.05) is 17.6 Å². The number of rotatable bonds is 5. The van der Waals surface area contributed by atoms with E-state index in [1.165, 1.54) is 10.4 Å². The lowest BCUT2D eigenvalue weighted by Crippen LogP contribution is -2.30. The molecular weight excluding hydrogens is 306 g/mol. The van der Waals surface area contributed by atoms with Crippen LogP contribution in [0, 0.1) is 0 Å². The van der Waals surface area contributed by atoms with Crippen LogP contribution in [0.3, 0.4) is 0 Å². The van der Waals surface area contributed by atoms with E-state index in [4.69, 9.17) is 5.11 Å². The van der Waals surface area contributed by atoms with Crippen LogP contribution in [0.4, 0.5) is 0 Å². The molecule has 0 aromatic heterocycles. The molecular formula is C11H16BrNO3S. The summed E-state index contributed by atoms with van der Waals surface area (Å²) in [5, 5.41) is 8.98. The van der Waals surface area contributed by atoms with Crippen molar-refractivity contribution in [1.82, 2.24) is 4.31 Å². The third-order valence-corrected chi connectivity index (χ3v) is 5.53. The van der Waals surface area contributed by atoms with Crippen LogP contribution in [0.25, 0.3) is 0 Å². The first kappa shape index (κ1) is 14.6. The lowest BCUT2D eigenvalue weighted by Gasteiger charge is -2.19. The van der Waals surface area contributed by atoms with Crippen molar-refractivity contribution in [2.45, 2.75) is 25.3 Å². The van der Waals surface area contributed by atoms with Gasteiger partial charge in [-0.05, 0) is 33.6 Å². The van der Waals surface area contributed by atoms with Gasteiger partial charge in [-0.3, -0.25) is 0 Å². The average Bonchev–Trinajstić information content (AvgIpc) is 2.29. The van der Waals surface area contributed by atoms with Crippen LogP contribution in [0.2, 0.25) is 0 Å². The summed E-state index contributed by atoms with van der Waals surface area (Å²) < 4.78 is 26.4. The molecule has 0 aliphatic rings. The summed E-state index contributed by atoms with van der Waals surface area (Å²) in [7, 11) is -3.45. The number of nitrogens with zero attached hydrogens (tertiary/aromatic N) is 1. The molecule has 0 fully saturated rings. The maximum atomic E-state index is 12.2. The average molecular weight is 322 g/mol. The zero-order valence-electron chi connectivity index (χ0n) is 9.85. The van der Waals surface area contributed by atoms with Crippen molar-refractivity contribution < 1.29 is 13.5 Å². The van der Waals surface area contributed by atoms with E-state index in [-0.39, 0.29) is 11.5 Å². The van der Waals surface area contributed by atoms with Crippen LogP contribution in [0.1, 0.15) is 19.4 Å². The lowest BCUT2D eigenvalue weighted by atomic mass is 10.2. The fourth-order valence-electron chi connectivity index (χ4n) is 1.55. The Bertz CT molecular complexity index is 483. The van der Waals surface area contributed by atoms with Crippen LogP contribution in [0.5, 0.6) is 0 Å². The lowest BCUT2D eigenvalue weighted by molar-refractivity contribution is 0.281. The summed E-state index contributed by atoms with van der Waals surface area (Å²) in [6, 6.07) is 4.75. The van der Waals surface area contributed by atoms with Crippen LogP contribution in [-0.4, -0.2) is 30.9 Å². The molecule has 0 heterocycles. The highest BCUT2D eigenvalue weighted by atomic mass is 79.9. The Kier molecular flexibility index (Phi) is 5.12. The maximum Gasteiger partial charge on any atom is 0.244 e. The Balaban J connectivity index is 3.24. The quantitative estimate of drug-likeness (QED) is 0.902. The highest BCUT2D eigenvalue weighted by molar-refractivity contribution is 9.10. The highest BCUT2D eigenvalue weighted by Gasteiger charge is 2.23. The highest BCUT2D eigenvalue weighted by Crippen LogP contribution is 2.26. The van der Waals surface area contributed by atoms with Gasteiger partial charge in [-0.2, -0.15) is 4.31 Å². The molecule has 17 heavy (non-hydrogen) atoms. The van der Waals surface area contributed by atoms with E-state index < -0.39 is 10.0 Å². The predicted molar refractivity (Wildman–Crippen MR) is 70.2 cm³/mol. The molecule has 0 radical (unpaired) electrons. The molecule has 0 spiro atoms. The van der Waals surface area contributed by atoms with Crippen molar-refractivity contribution >= 4 is 26.0 Å². The number of halogens is 1. The Hall–Kier alpha value is -0.430. The number of sulfonamides is 1. The summed E-state index contributed by atoms with van der Waals surface area (Å²) in [6.45, 7) is 4.37. The van der Waals surface area contributed by atoms with Crippen molar-refractivity contribution in [3.8, 4) is 0 Å². The second-order valence-electron chi connectivity index (χ2n) is 3.51. The summed E-state index contributed by atoms with van der Waals surface area (Å²) in [4.78, 5) is 0.235. The Morgan fingerprint density at radius 2 is 1.88 bits per heavy atom. The molecule has 0 aliphatic carbocycles. The van der Waals surface area contributed by atoms with Gasteiger partial charge in [0.25, 0.3) is 0 Å². The molecule has 0 saturated carbocycles. The standard InChI is InChI=1S/C11H16BrNO3S/c1-3-13(4-2)17(15,16)11-6-5-9(8-14)7-10(11)12/h5-7,14H,3-4,8H2,1-2H3. The van der Waals surface area contributed by atoms with Gasteiger partial charge in [-0.25, -0.2) is 8.42 Å². The minimum absolute atomic E-state index is 0.107. The van der Waals surface area contributed by atoms with E-state index in [2.05, 4.69) is 15.9 Å². The summed E-state index contributed by atoms with van der Waals surface area (Å²) in [5.74, 6) is 0. The monoisotopic (exact) mass is 321 g/mol. The number of aliphatic hydroxyl groups excluding tert-OH is 1. The molecule has 0 bridgehead atoms. The van der Waals surface area contributed by atoms with E-state index >= 15 is 0 Å². The van der Waals surface area contributed by atoms with Crippen LogP contribution < -0.4 is 0 Å². The Morgan fingerprint density at radius 3 is 2.29 bits per heavy atom. The van der Waals surface area contributed by atoms with Gasteiger partial charge < -0.3 is 5.11 Å². The van der Waals surface area contributed by atoms with Crippen LogP contribution in [0.15, 0.2) is 27.6 Å². The maximum absolute atomic E-state index is 12.2. The minimum atomic E-state index is -3.45. The number of hydrogen-bond acceptors (Lipinski definition) is 3. The van der Waals surface area contributed by atoms with Gasteiger partial charge in [0.05, 0.1) is 11.5 Å². The van der Waals surface area contributed by atoms with Gasteiger partial charge in [0.1, 0.15) is 0 Å². The first-order chi connectivity index (χ1) is 7.97. The van der Waals surface area contributed by atoms with E-state index in [0.717, 1.165) is 0 Å². The zero-order chi connectivity index (χ0) is 13.1. The molecule has 0 atom stereocenters. The van der Waals surface area contributed by atoms with Gasteiger partial charge in [-0.15, -0.1) is 0 Å². The molecule has 0 amide bonds. The van der Waals surface area contributed by atoms with Gasteiger partial charge in [-0.1, -0.05) is 19.9 Å². The second kappa shape index (κ2) is 5.95. The largest absolute Gasteiger partial charge is 0.392 e. The first-order valence-electron chi connectivity index (χ1n) is 5.36. The molecule has 96 valence electrons. The van der Waals surface area contributed by atoms with E-state index in [9.17, 15) is 8.42 Å². The van der Waals surface area contributed by atoms with Crippen molar-refractivity contribution in [3.05, 3.63) is 28.2 Å². The number of hydrogen-bond donors (Lipinski definition) is 1. The topological polar surface area (TPSA) is 57.6 Å². The van der Waals surface area contributed by atoms with Crippen LogP contribution >= 0.6 is 15.9 Å². The Morgan fingerprint density at radius 1 is 1.29 bits per heavy atom. The third-order valence-electron chi connectivity index (χ3n) is 2.50. The SMILES string of the molecule is CCN(CC)S(=O)(=O)c1ccc(CO)cc1Br. The molecule has 1 aromatic rings. The first-order valence-corrected chi connectivity index (χ1v) is 7.60. The Labute approximate surface area is 110 Å². The molecule has 0 unspecified atom stereocenters. The zero-order valence-corrected chi connectivity index (χ0v) is 12.3. The van der Waals surface area contributed by atoms with Gasteiger partial charge in [0.15, 0.2) is 0 Å². The van der Waals surface area contributed by atoms with Crippen molar-refractivity contribution in [2.24, 2.45) is 0 Å². The second-order valence-corrected chi connectivity index (χ2v) is 6.27. The molecule has 0 aliphatic heterocycles. The van der Waals surface area contributed by atoms with Crippen molar-refractivity contribution in [1.29, 1.82) is 0 Å². The van der Waals surface area contributed by atoms with E-state index in [0.29, 0.717) is 23.1 Å². The molecule has 1 N–H and O–H groups in total. The molecule has 1 rings (SSSR count). The third kappa shape index (κ3) is 3.07. The molecule has 4 nitrogen and oxygen atoms in total. The predicted octanol–water partition coefficient (Wildman–Crippen LogP) is 1.97. The molecule has 6 heteroatoms. The number of benzene rings is 1. The normalized spacial score (nSPS) is 12.1. The summed E-state index contributed by atoms with van der Waals surface area (Å²) >= 11 is 3.23. The number of aliphatic hydroxyl groups is 1. The van der Waals surface area contributed by atoms with Crippen molar-refractivity contribution in [3.63, 3.8) is 0 Å². The van der Waals surface area contributed by atoms with Crippen molar-refractivity contribution in [2.75, 3.05) is 13.1 Å². The summed E-state index contributed by atoms with van der Waals surface area (Å²) in [5.41, 5.74) is 0.676. The molecule has 0 saturated heterocycles. The smallest absolute Gasteiger partial charge is 0.244 e. The fourth-order valence-corrected chi connectivity index (χ4v) is 4.10. The minimum Gasteiger partial charge on any atom is -0.392 e. The van der Waals surface area contributed by atoms with E-state index in [1.54, 1.807) is 26.0 Å². The van der Waals surface area contributed by atoms with E-state index in [1.807, 2.05) is 0 Å². The molecule has 1 aromatic carbocycles. The summed E-state index contributed by atoms with van der Waals surface area (Å²) in [6.07, 6.45) is 0. The van der Waals surface area contributed by atoms with Gasteiger partial charge >= 0.3 is 0 Å². The van der Waals surface area contributed by atoms with Crippen LogP contribution in [-0.2, 0) is 16.6 Å². The fraction of sp³-hybridized carbons (Fsp3) is 0.455.